The molecular formula is C30H32O4. The number of benzene rings is 4. The first-order valence-electron chi connectivity index (χ1n) is 11.6. The van der Waals surface area contributed by atoms with Crippen LogP contribution in [0.25, 0.3) is 10.8 Å². The number of carbonyl (C=O) groups excluding carboxylic acids is 2. The molecule has 4 nitrogen and oxygen atoms in total. The second-order valence-corrected chi connectivity index (χ2v) is 7.18. The lowest BCUT2D eigenvalue weighted by Crippen LogP contribution is -2.09. The van der Waals surface area contributed by atoms with E-state index in [0.717, 1.165) is 21.9 Å². The molecule has 0 aliphatic rings. The number of carbonyl (C=O) groups is 2. The van der Waals surface area contributed by atoms with Crippen LogP contribution in [-0.4, -0.2) is 11.9 Å². The molecule has 0 N–H and O–H groups in total. The van der Waals surface area contributed by atoms with Gasteiger partial charge in [-0.1, -0.05) is 75.2 Å². The van der Waals surface area contributed by atoms with Gasteiger partial charge < -0.3 is 9.47 Å². The van der Waals surface area contributed by atoms with Gasteiger partial charge in [0, 0.05) is 0 Å². The Balaban J connectivity index is 0.000000970. The summed E-state index contributed by atoms with van der Waals surface area (Å²) in [5.74, 6) is 0.121. The van der Waals surface area contributed by atoms with Gasteiger partial charge in [0.2, 0.25) is 0 Å². The predicted molar refractivity (Wildman–Crippen MR) is 139 cm³/mol. The smallest absolute Gasteiger partial charge is 0.343 e. The van der Waals surface area contributed by atoms with E-state index < -0.39 is 11.9 Å². The van der Waals surface area contributed by atoms with E-state index in [1.54, 1.807) is 48.5 Å². The maximum atomic E-state index is 12.4. The molecule has 0 amide bonds. The molecule has 4 rings (SSSR count). The van der Waals surface area contributed by atoms with Gasteiger partial charge >= 0.3 is 11.9 Å². The third kappa shape index (κ3) is 7.04. The maximum Gasteiger partial charge on any atom is 0.343 e. The molecule has 0 atom stereocenters. The van der Waals surface area contributed by atoms with Crippen LogP contribution in [0.1, 0.15) is 59.5 Å². The second kappa shape index (κ2) is 12.9. The standard InChI is InChI=1S/C26H20O4.2C2H6/c1-17-3-7-19(8-4-17)25(27)30-24-14-11-20-15-22(10-9-21(20)16-24)26(28)29-23-12-5-18(2)6-13-23;2*1-2/h3-16H,1-2H3;2*1-2H3. The van der Waals surface area contributed by atoms with Crippen molar-refractivity contribution in [2.45, 2.75) is 41.5 Å². The molecule has 34 heavy (non-hydrogen) atoms. The highest BCUT2D eigenvalue weighted by Gasteiger charge is 2.12. The topological polar surface area (TPSA) is 52.6 Å². The van der Waals surface area contributed by atoms with Crippen molar-refractivity contribution in [1.29, 1.82) is 0 Å². The van der Waals surface area contributed by atoms with Crippen molar-refractivity contribution < 1.29 is 19.1 Å². The maximum absolute atomic E-state index is 12.4. The van der Waals surface area contributed by atoms with Gasteiger partial charge in [-0.15, -0.1) is 0 Å². The Morgan fingerprint density at radius 2 is 0.912 bits per heavy atom. The fourth-order valence-corrected chi connectivity index (χ4v) is 3.04. The summed E-state index contributed by atoms with van der Waals surface area (Å²) in [4.78, 5) is 24.8. The van der Waals surface area contributed by atoms with Crippen LogP contribution in [0.3, 0.4) is 0 Å². The van der Waals surface area contributed by atoms with Crippen LogP contribution in [0.4, 0.5) is 0 Å². The fourth-order valence-electron chi connectivity index (χ4n) is 3.04. The van der Waals surface area contributed by atoms with Crippen LogP contribution in [-0.2, 0) is 0 Å². The van der Waals surface area contributed by atoms with Crippen LogP contribution >= 0.6 is 0 Å². The Bertz CT molecular complexity index is 1220. The van der Waals surface area contributed by atoms with Crippen LogP contribution < -0.4 is 9.47 Å². The van der Waals surface area contributed by atoms with Crippen LogP contribution in [0.15, 0.2) is 84.9 Å². The molecule has 0 heterocycles. The van der Waals surface area contributed by atoms with Crippen molar-refractivity contribution in [2.24, 2.45) is 0 Å². The highest BCUT2D eigenvalue weighted by molar-refractivity contribution is 5.97. The first kappa shape index (κ1) is 26.3. The molecule has 4 aromatic rings. The normalized spacial score (nSPS) is 9.71. The van der Waals surface area contributed by atoms with Gasteiger partial charge in [0.25, 0.3) is 0 Å². The van der Waals surface area contributed by atoms with E-state index in [0.29, 0.717) is 22.6 Å². The van der Waals surface area contributed by atoms with Gasteiger partial charge in [-0.3, -0.25) is 0 Å². The van der Waals surface area contributed by atoms with E-state index in [4.69, 9.17) is 9.47 Å². The molecule has 0 bridgehead atoms. The van der Waals surface area contributed by atoms with E-state index in [1.165, 1.54) is 0 Å². The number of rotatable bonds is 4. The molecule has 0 saturated heterocycles. The van der Waals surface area contributed by atoms with Gasteiger partial charge in [0.05, 0.1) is 11.1 Å². The van der Waals surface area contributed by atoms with E-state index >= 15 is 0 Å². The zero-order valence-electron chi connectivity index (χ0n) is 20.7. The van der Waals surface area contributed by atoms with E-state index in [9.17, 15) is 9.59 Å². The summed E-state index contributed by atoms with van der Waals surface area (Å²) in [5, 5.41) is 1.71. The minimum Gasteiger partial charge on any atom is -0.423 e. The van der Waals surface area contributed by atoms with E-state index in [1.807, 2.05) is 77.9 Å². The van der Waals surface area contributed by atoms with Crippen molar-refractivity contribution in [3.8, 4) is 11.5 Å². The van der Waals surface area contributed by atoms with E-state index in [-0.39, 0.29) is 0 Å². The average Bonchev–Trinajstić information content (AvgIpc) is 2.88. The third-order valence-corrected chi connectivity index (χ3v) is 4.78. The Kier molecular flexibility index (Phi) is 10.0. The van der Waals surface area contributed by atoms with Crippen LogP contribution in [0.2, 0.25) is 0 Å². The molecular weight excluding hydrogens is 424 g/mol. The lowest BCUT2D eigenvalue weighted by molar-refractivity contribution is 0.0725. The Labute approximate surface area is 202 Å². The monoisotopic (exact) mass is 456 g/mol. The SMILES string of the molecule is CC.CC.Cc1ccc(OC(=O)c2ccc3cc(OC(=O)c4ccc(C)cc4)ccc3c2)cc1. The number of aryl methyl sites for hydroxylation is 2. The van der Waals surface area contributed by atoms with Gasteiger partial charge in [-0.05, 0) is 73.2 Å². The lowest BCUT2D eigenvalue weighted by Gasteiger charge is -2.08. The number of esters is 2. The van der Waals surface area contributed by atoms with Gasteiger partial charge in [-0.2, -0.15) is 0 Å². The molecule has 0 spiro atoms. The van der Waals surface area contributed by atoms with Gasteiger partial charge in [0.1, 0.15) is 11.5 Å². The fraction of sp³-hybridized carbons (Fsp3) is 0.200. The highest BCUT2D eigenvalue weighted by Crippen LogP contribution is 2.24. The predicted octanol–water partition coefficient (Wildman–Crippen LogP) is 7.95. The van der Waals surface area contributed by atoms with Crippen LogP contribution in [0, 0.1) is 13.8 Å². The first-order valence-corrected chi connectivity index (χ1v) is 11.6. The summed E-state index contributed by atoms with van der Waals surface area (Å²) in [7, 11) is 0. The molecule has 176 valence electrons. The zero-order valence-corrected chi connectivity index (χ0v) is 20.7. The van der Waals surface area contributed by atoms with Crippen molar-refractivity contribution in [3.05, 3.63) is 107 Å². The van der Waals surface area contributed by atoms with Crippen LogP contribution in [0.5, 0.6) is 11.5 Å². The second-order valence-electron chi connectivity index (χ2n) is 7.18. The molecule has 0 aliphatic heterocycles. The third-order valence-electron chi connectivity index (χ3n) is 4.78. The summed E-state index contributed by atoms with van der Waals surface area (Å²) in [6, 6.07) is 25.1. The molecule has 0 unspecified atom stereocenters. The molecule has 0 fully saturated rings. The summed E-state index contributed by atoms with van der Waals surface area (Å²) in [6.45, 7) is 11.9. The van der Waals surface area contributed by atoms with Gasteiger partial charge in [-0.25, -0.2) is 9.59 Å². The summed E-state index contributed by atoms with van der Waals surface area (Å²) in [6.07, 6.45) is 0. The Morgan fingerprint density at radius 3 is 1.53 bits per heavy atom. The summed E-state index contributed by atoms with van der Waals surface area (Å²) >= 11 is 0. The highest BCUT2D eigenvalue weighted by atomic mass is 16.5. The summed E-state index contributed by atoms with van der Waals surface area (Å²) in [5.41, 5.74) is 3.12. The van der Waals surface area contributed by atoms with Crippen molar-refractivity contribution >= 4 is 22.7 Å². The summed E-state index contributed by atoms with van der Waals surface area (Å²) < 4.78 is 10.9. The molecule has 4 aromatic carbocycles. The number of hydrogen-bond donors (Lipinski definition) is 0. The van der Waals surface area contributed by atoms with Crippen molar-refractivity contribution in [3.63, 3.8) is 0 Å². The molecule has 0 aromatic heterocycles. The number of fused-ring (bicyclic) bond motifs is 1. The molecule has 0 aliphatic carbocycles. The molecule has 4 heteroatoms. The number of ether oxygens (including phenoxy) is 2. The minimum atomic E-state index is -0.421. The van der Waals surface area contributed by atoms with Gasteiger partial charge in [0.15, 0.2) is 0 Å². The van der Waals surface area contributed by atoms with E-state index in [2.05, 4.69) is 0 Å². The van der Waals surface area contributed by atoms with Crippen molar-refractivity contribution in [1.82, 2.24) is 0 Å². The zero-order chi connectivity index (χ0) is 25.1. The lowest BCUT2D eigenvalue weighted by atomic mass is 10.1. The largest absolute Gasteiger partial charge is 0.423 e. The average molecular weight is 457 g/mol. The van der Waals surface area contributed by atoms with Crippen molar-refractivity contribution in [2.75, 3.05) is 0 Å². The Morgan fingerprint density at radius 1 is 0.500 bits per heavy atom. The molecule has 0 radical (unpaired) electrons. The Hall–Kier alpha value is -3.92. The molecule has 0 saturated carbocycles. The quantitative estimate of drug-likeness (QED) is 0.231. The number of hydrogen-bond acceptors (Lipinski definition) is 4. The first-order chi connectivity index (χ1) is 16.5. The minimum absolute atomic E-state index is 0.410.